The highest BCUT2D eigenvalue weighted by atomic mass is 16.2. The number of carbonyl (C=O) groups excluding carboxylic acids is 1. The van der Waals surface area contributed by atoms with E-state index in [1.807, 2.05) is 0 Å². The molecule has 1 heterocycles. The number of carbonyl (C=O) groups is 1. The quantitative estimate of drug-likeness (QED) is 0.888. The number of hydrogen-bond donors (Lipinski definition) is 1. The van der Waals surface area contributed by atoms with Gasteiger partial charge in [-0.2, -0.15) is 0 Å². The Balaban J connectivity index is 1.17. The molecule has 2 aliphatic carbocycles. The third-order valence-electron chi connectivity index (χ3n) is 6.51. The normalized spacial score (nSPS) is 26.2. The minimum Gasteiger partial charge on any atom is -0.342 e. The second-order valence-electron chi connectivity index (χ2n) is 8.51. The molecule has 3 nitrogen and oxygen atoms in total. The standard InChI is InChI=1S/C23H28N2O/c26-23(25-11-9-20(10-12-25)24-15-16-5-6-16)22-14-21(22)19-8-7-17-3-1-2-4-18(17)13-19/h1-4,7-8,13,16,20-22,24H,5-6,9-12,14-15H2. The van der Waals surface area contributed by atoms with Crippen LogP contribution in [0.4, 0.5) is 0 Å². The second kappa shape index (κ2) is 6.70. The van der Waals surface area contributed by atoms with Crippen molar-refractivity contribution in [3.05, 3.63) is 48.0 Å². The molecule has 3 aliphatic rings. The van der Waals surface area contributed by atoms with Gasteiger partial charge in [-0.25, -0.2) is 0 Å². The SMILES string of the molecule is O=C(C1CC1c1ccc2ccccc2c1)N1CCC(NCC2CC2)CC1. The van der Waals surface area contributed by atoms with E-state index in [0.717, 1.165) is 38.3 Å². The summed E-state index contributed by atoms with van der Waals surface area (Å²) in [6.45, 7) is 3.05. The number of benzene rings is 2. The van der Waals surface area contributed by atoms with Gasteiger partial charge >= 0.3 is 0 Å². The van der Waals surface area contributed by atoms with Gasteiger partial charge in [0.25, 0.3) is 0 Å². The zero-order valence-electron chi connectivity index (χ0n) is 15.4. The fraction of sp³-hybridized carbons (Fsp3) is 0.522. The van der Waals surface area contributed by atoms with Crippen LogP contribution in [0.2, 0.25) is 0 Å². The van der Waals surface area contributed by atoms with E-state index in [0.29, 0.717) is 17.9 Å². The Morgan fingerprint density at radius 1 is 1.00 bits per heavy atom. The van der Waals surface area contributed by atoms with Crippen LogP contribution in [0.5, 0.6) is 0 Å². The number of nitrogens with zero attached hydrogens (tertiary/aromatic N) is 1. The predicted octanol–water partition coefficient (Wildman–Crippen LogP) is 3.93. The number of piperidine rings is 1. The summed E-state index contributed by atoms with van der Waals surface area (Å²) < 4.78 is 0. The average Bonchev–Trinajstić information content (AvgIpc) is 3.60. The third-order valence-corrected chi connectivity index (χ3v) is 6.51. The predicted molar refractivity (Wildman–Crippen MR) is 105 cm³/mol. The van der Waals surface area contributed by atoms with Crippen LogP contribution in [-0.2, 0) is 4.79 Å². The summed E-state index contributed by atoms with van der Waals surface area (Å²) >= 11 is 0. The fourth-order valence-corrected chi connectivity index (χ4v) is 4.47. The second-order valence-corrected chi connectivity index (χ2v) is 8.51. The van der Waals surface area contributed by atoms with E-state index >= 15 is 0 Å². The Morgan fingerprint density at radius 2 is 1.77 bits per heavy atom. The lowest BCUT2D eigenvalue weighted by Crippen LogP contribution is -2.46. The minimum atomic E-state index is 0.215. The van der Waals surface area contributed by atoms with Crippen molar-refractivity contribution in [1.82, 2.24) is 10.2 Å². The van der Waals surface area contributed by atoms with Crippen LogP contribution in [0.25, 0.3) is 10.8 Å². The van der Waals surface area contributed by atoms with Crippen LogP contribution in [0.1, 0.15) is 43.6 Å². The third kappa shape index (κ3) is 3.37. The molecule has 0 radical (unpaired) electrons. The molecule has 5 rings (SSSR count). The van der Waals surface area contributed by atoms with E-state index in [1.54, 1.807) is 0 Å². The first-order chi connectivity index (χ1) is 12.8. The van der Waals surface area contributed by atoms with Crippen LogP contribution in [0.15, 0.2) is 42.5 Å². The topological polar surface area (TPSA) is 32.3 Å². The summed E-state index contributed by atoms with van der Waals surface area (Å²) in [5, 5.41) is 6.26. The first-order valence-corrected chi connectivity index (χ1v) is 10.3. The number of amides is 1. The molecule has 2 saturated carbocycles. The molecule has 0 bridgehead atoms. The van der Waals surface area contributed by atoms with E-state index in [2.05, 4.69) is 52.7 Å². The monoisotopic (exact) mass is 348 g/mol. The zero-order chi connectivity index (χ0) is 17.5. The molecule has 0 aromatic heterocycles. The molecule has 136 valence electrons. The fourth-order valence-electron chi connectivity index (χ4n) is 4.47. The molecular weight excluding hydrogens is 320 g/mol. The Labute approximate surface area is 155 Å². The maximum Gasteiger partial charge on any atom is 0.226 e. The largest absolute Gasteiger partial charge is 0.342 e. The van der Waals surface area contributed by atoms with E-state index in [1.165, 1.54) is 35.7 Å². The molecular formula is C23H28N2O. The van der Waals surface area contributed by atoms with Crippen molar-refractivity contribution in [2.45, 2.75) is 44.1 Å². The Hall–Kier alpha value is -1.87. The molecule has 1 N–H and O–H groups in total. The zero-order valence-corrected chi connectivity index (χ0v) is 15.4. The smallest absolute Gasteiger partial charge is 0.226 e. The van der Waals surface area contributed by atoms with Gasteiger partial charge in [0.1, 0.15) is 0 Å². The number of likely N-dealkylation sites (tertiary alicyclic amines) is 1. The van der Waals surface area contributed by atoms with Crippen molar-refractivity contribution in [1.29, 1.82) is 0 Å². The summed E-state index contributed by atoms with van der Waals surface area (Å²) in [6.07, 6.45) is 6.07. The van der Waals surface area contributed by atoms with Gasteiger partial charge in [0.2, 0.25) is 5.91 Å². The van der Waals surface area contributed by atoms with Gasteiger partial charge in [0, 0.05) is 25.0 Å². The molecule has 3 heteroatoms. The molecule has 1 aliphatic heterocycles. The van der Waals surface area contributed by atoms with E-state index < -0.39 is 0 Å². The average molecular weight is 348 g/mol. The van der Waals surface area contributed by atoms with Gasteiger partial charge in [0.15, 0.2) is 0 Å². The first-order valence-electron chi connectivity index (χ1n) is 10.3. The highest BCUT2D eigenvalue weighted by Crippen LogP contribution is 2.49. The van der Waals surface area contributed by atoms with E-state index in [-0.39, 0.29) is 5.92 Å². The maximum atomic E-state index is 12.9. The van der Waals surface area contributed by atoms with Crippen LogP contribution in [0.3, 0.4) is 0 Å². The lowest BCUT2D eigenvalue weighted by atomic mass is 10.0. The molecule has 1 saturated heterocycles. The molecule has 3 fully saturated rings. The number of nitrogens with one attached hydrogen (secondary N) is 1. The van der Waals surface area contributed by atoms with Crippen LogP contribution in [0, 0.1) is 11.8 Å². The summed E-state index contributed by atoms with van der Waals surface area (Å²) in [4.78, 5) is 15.0. The molecule has 0 spiro atoms. The molecule has 26 heavy (non-hydrogen) atoms. The molecule has 2 aromatic carbocycles. The lowest BCUT2D eigenvalue weighted by Gasteiger charge is -2.33. The van der Waals surface area contributed by atoms with Crippen molar-refractivity contribution >= 4 is 16.7 Å². The summed E-state index contributed by atoms with van der Waals surface area (Å²) in [5.41, 5.74) is 1.34. The molecule has 2 aromatic rings. The number of fused-ring (bicyclic) bond motifs is 1. The van der Waals surface area contributed by atoms with Crippen molar-refractivity contribution in [2.75, 3.05) is 19.6 Å². The van der Waals surface area contributed by atoms with Gasteiger partial charge < -0.3 is 10.2 Å². The van der Waals surface area contributed by atoms with Gasteiger partial charge in [-0.1, -0.05) is 42.5 Å². The van der Waals surface area contributed by atoms with E-state index in [9.17, 15) is 4.79 Å². The van der Waals surface area contributed by atoms with Crippen molar-refractivity contribution < 1.29 is 4.79 Å². The van der Waals surface area contributed by atoms with Crippen molar-refractivity contribution in [3.8, 4) is 0 Å². The lowest BCUT2D eigenvalue weighted by molar-refractivity contribution is -0.133. The van der Waals surface area contributed by atoms with Crippen LogP contribution >= 0.6 is 0 Å². The Kier molecular flexibility index (Phi) is 4.20. The molecule has 2 unspecified atom stereocenters. The number of rotatable bonds is 5. The molecule has 1 amide bonds. The summed E-state index contributed by atoms with van der Waals surface area (Å²) in [6, 6.07) is 15.8. The molecule has 2 atom stereocenters. The minimum absolute atomic E-state index is 0.215. The Bertz CT molecular complexity index is 805. The van der Waals surface area contributed by atoms with Gasteiger partial charge in [0.05, 0.1) is 0 Å². The first kappa shape index (κ1) is 16.3. The maximum absolute atomic E-state index is 12.9. The van der Waals surface area contributed by atoms with Crippen molar-refractivity contribution in [2.24, 2.45) is 11.8 Å². The Morgan fingerprint density at radius 3 is 2.54 bits per heavy atom. The van der Waals surface area contributed by atoms with Crippen LogP contribution in [-0.4, -0.2) is 36.5 Å². The highest BCUT2D eigenvalue weighted by Gasteiger charge is 2.46. The van der Waals surface area contributed by atoms with Gasteiger partial charge in [-0.05, 0) is 66.8 Å². The summed E-state index contributed by atoms with van der Waals surface area (Å²) in [5.74, 6) is 1.97. The van der Waals surface area contributed by atoms with E-state index in [4.69, 9.17) is 0 Å². The summed E-state index contributed by atoms with van der Waals surface area (Å²) in [7, 11) is 0. The van der Waals surface area contributed by atoms with Crippen molar-refractivity contribution in [3.63, 3.8) is 0 Å². The number of hydrogen-bond acceptors (Lipinski definition) is 2. The van der Waals surface area contributed by atoms with Crippen LogP contribution < -0.4 is 5.32 Å². The highest BCUT2D eigenvalue weighted by molar-refractivity contribution is 5.86. The van der Waals surface area contributed by atoms with Gasteiger partial charge in [-0.15, -0.1) is 0 Å². The van der Waals surface area contributed by atoms with Gasteiger partial charge in [-0.3, -0.25) is 4.79 Å².